The number of anilines is 1. The molecule has 1 aliphatic heterocycles. The number of nitrogen functional groups attached to an aromatic ring is 1. The van der Waals surface area contributed by atoms with Gasteiger partial charge in [-0.05, 0) is 5.53 Å². The Morgan fingerprint density at radius 2 is 2.14 bits per heavy atom. The summed E-state index contributed by atoms with van der Waals surface area (Å²) in [4.78, 5) is 51.7. The highest BCUT2D eigenvalue weighted by Gasteiger charge is 2.49. The topological polar surface area (TPSA) is 272 Å². The van der Waals surface area contributed by atoms with Gasteiger partial charge in [-0.1, -0.05) is 5.11 Å². The van der Waals surface area contributed by atoms with Crippen molar-refractivity contribution >= 4 is 32.3 Å². The van der Waals surface area contributed by atoms with Crippen molar-refractivity contribution in [2.75, 3.05) is 11.6 Å². The fraction of sp³-hybridized carbons (Fsp3) is 0.500. The van der Waals surface area contributed by atoms with Gasteiger partial charge >= 0.3 is 15.2 Å². The van der Waals surface area contributed by atoms with Gasteiger partial charge in [0.2, 0.25) is 5.95 Å². The lowest BCUT2D eigenvalue weighted by atomic mass is 10.2. The van der Waals surface area contributed by atoms with Gasteiger partial charge in [-0.15, -0.1) is 0 Å². The molecule has 2 aromatic rings. The van der Waals surface area contributed by atoms with Crippen LogP contribution in [-0.2, 0) is 18.4 Å². The molecule has 0 radical (unpaired) electrons. The Labute approximate surface area is 159 Å². The van der Waals surface area contributed by atoms with Gasteiger partial charge in [-0.2, -0.15) is 4.98 Å². The molecule has 7 N–H and O–H groups in total. The Morgan fingerprint density at radius 1 is 1.45 bits per heavy atom. The SMILES string of the molecule is [N-]=[N+]=N[C@@H]1[C@@H](OP(=O)(O)CP(=O)(O)O)O[C@@H](n2cnc3c(=O)[nH]c(N)nc32)[C@@H]1O. The van der Waals surface area contributed by atoms with Crippen LogP contribution in [0.2, 0.25) is 0 Å². The number of ether oxygens (including phenoxy) is 1. The van der Waals surface area contributed by atoms with Crippen LogP contribution in [0, 0.1) is 0 Å². The van der Waals surface area contributed by atoms with Crippen molar-refractivity contribution in [3.63, 3.8) is 0 Å². The van der Waals surface area contributed by atoms with Crippen LogP contribution >= 0.6 is 15.2 Å². The zero-order valence-electron chi connectivity index (χ0n) is 14.1. The number of fused-ring (bicyclic) bond motifs is 1. The molecule has 29 heavy (non-hydrogen) atoms. The van der Waals surface area contributed by atoms with Crippen LogP contribution in [-0.4, -0.2) is 63.6 Å². The maximum absolute atomic E-state index is 12.0. The summed E-state index contributed by atoms with van der Waals surface area (Å²) >= 11 is 0. The van der Waals surface area contributed by atoms with Gasteiger partial charge in [0.05, 0.1) is 6.33 Å². The molecule has 0 amide bonds. The molecule has 1 unspecified atom stereocenters. The molecule has 0 aromatic carbocycles. The normalized spacial score (nSPS) is 26.9. The zero-order chi connectivity index (χ0) is 21.6. The van der Waals surface area contributed by atoms with E-state index >= 15 is 0 Å². The predicted octanol–water partition coefficient (Wildman–Crippen LogP) is -1.07. The van der Waals surface area contributed by atoms with Crippen molar-refractivity contribution in [2.45, 2.75) is 24.7 Å². The molecule has 0 aliphatic carbocycles. The molecule has 2 aromatic heterocycles. The lowest BCUT2D eigenvalue weighted by Gasteiger charge is -2.20. The number of aliphatic hydroxyl groups excluding tert-OH is 1. The van der Waals surface area contributed by atoms with Crippen LogP contribution in [0.15, 0.2) is 16.2 Å². The average Bonchev–Trinajstić information content (AvgIpc) is 3.08. The maximum Gasteiger partial charge on any atom is 0.342 e. The summed E-state index contributed by atoms with van der Waals surface area (Å²) in [5.41, 5.74) is 13.2. The van der Waals surface area contributed by atoms with Gasteiger partial charge in [-0.3, -0.25) is 28.0 Å². The minimum Gasteiger partial charge on any atom is -0.388 e. The van der Waals surface area contributed by atoms with Crippen LogP contribution in [0.25, 0.3) is 21.6 Å². The van der Waals surface area contributed by atoms with Crippen LogP contribution < -0.4 is 11.3 Å². The van der Waals surface area contributed by atoms with Gasteiger partial charge < -0.3 is 30.3 Å². The third-order valence-electron chi connectivity index (χ3n) is 3.74. The smallest absolute Gasteiger partial charge is 0.342 e. The van der Waals surface area contributed by atoms with E-state index in [-0.39, 0.29) is 17.1 Å². The predicted molar refractivity (Wildman–Crippen MR) is 93.2 cm³/mol. The van der Waals surface area contributed by atoms with E-state index in [0.717, 1.165) is 10.9 Å². The second-order valence-corrected chi connectivity index (χ2v) is 9.85. The van der Waals surface area contributed by atoms with Crippen molar-refractivity contribution < 1.29 is 38.2 Å². The number of aromatic nitrogens is 4. The van der Waals surface area contributed by atoms with E-state index in [2.05, 4.69) is 25.0 Å². The quantitative estimate of drug-likeness (QED) is 0.132. The Bertz CT molecular complexity index is 1140. The first kappa shape index (κ1) is 21.4. The molecule has 3 heterocycles. The Hall–Kier alpha value is -2.32. The average molecular weight is 452 g/mol. The Kier molecular flexibility index (Phi) is 5.53. The van der Waals surface area contributed by atoms with Crippen LogP contribution in [0.3, 0.4) is 0 Å². The molecular formula is C10H14N8O9P2. The van der Waals surface area contributed by atoms with Gasteiger partial charge in [0.25, 0.3) is 5.56 Å². The van der Waals surface area contributed by atoms with Gasteiger partial charge in [0, 0.05) is 4.91 Å². The largest absolute Gasteiger partial charge is 0.388 e. The second-order valence-electron chi connectivity index (χ2n) is 5.91. The summed E-state index contributed by atoms with van der Waals surface area (Å²) in [5, 5.41) is 13.7. The first-order valence-corrected chi connectivity index (χ1v) is 11.1. The summed E-state index contributed by atoms with van der Waals surface area (Å²) in [5.74, 6) is -1.79. The highest BCUT2D eigenvalue weighted by atomic mass is 31.2. The molecule has 1 saturated heterocycles. The molecule has 0 saturated carbocycles. The number of imidazole rings is 1. The highest BCUT2D eigenvalue weighted by molar-refractivity contribution is 7.70. The van der Waals surface area contributed by atoms with E-state index in [0.29, 0.717) is 0 Å². The zero-order valence-corrected chi connectivity index (χ0v) is 15.9. The minimum absolute atomic E-state index is 0.113. The van der Waals surface area contributed by atoms with Gasteiger partial charge in [0.1, 0.15) is 12.1 Å². The molecule has 5 atom stereocenters. The number of rotatable bonds is 6. The molecule has 158 valence electrons. The second kappa shape index (κ2) is 7.50. The molecule has 1 fully saturated rings. The molecule has 19 heteroatoms. The number of hydrogen-bond acceptors (Lipinski definition) is 10. The molecule has 1 aliphatic rings. The summed E-state index contributed by atoms with van der Waals surface area (Å²) in [6.45, 7) is 0. The number of nitrogens with two attached hydrogens (primary N) is 1. The molecule has 0 spiro atoms. The van der Waals surface area contributed by atoms with Gasteiger partial charge in [0.15, 0.2) is 29.6 Å². The first-order chi connectivity index (χ1) is 13.4. The van der Waals surface area contributed by atoms with Crippen molar-refractivity contribution in [3.8, 4) is 0 Å². The number of nitrogens with one attached hydrogen (secondary N) is 1. The van der Waals surface area contributed by atoms with E-state index in [1.165, 1.54) is 0 Å². The highest BCUT2D eigenvalue weighted by Crippen LogP contribution is 2.57. The molecule has 3 rings (SSSR count). The number of H-pyrrole nitrogens is 1. The standard InChI is InChI=1S/C10H14N8O9P2/c11-10-14-6-4(7(20)15-10)13-1-18(6)8-5(19)3(16-17-12)9(26-8)27-29(24,25)2-28(21,22)23/h1,3,5,8-9,19H,2H2,(H,24,25)(H2,21,22,23)(H3,11,14,15,20)/t3-,5+,8+,9+/m0/s1. The van der Waals surface area contributed by atoms with E-state index < -0.39 is 51.3 Å². The number of aromatic amines is 1. The summed E-state index contributed by atoms with van der Waals surface area (Å²) in [7, 11) is -9.85. The maximum atomic E-state index is 12.0. The van der Waals surface area contributed by atoms with Crippen LogP contribution in [0.4, 0.5) is 5.95 Å². The summed E-state index contributed by atoms with van der Waals surface area (Å²) in [6, 6.07) is -1.58. The Morgan fingerprint density at radius 3 is 2.76 bits per heavy atom. The molecule has 0 bridgehead atoms. The van der Waals surface area contributed by atoms with E-state index in [4.69, 9.17) is 30.3 Å². The summed E-state index contributed by atoms with van der Waals surface area (Å²) in [6.07, 6.45) is -3.93. The van der Waals surface area contributed by atoms with E-state index in [9.17, 15) is 23.9 Å². The van der Waals surface area contributed by atoms with Crippen molar-refractivity contribution in [2.24, 2.45) is 5.11 Å². The van der Waals surface area contributed by atoms with Crippen LogP contribution in [0.5, 0.6) is 0 Å². The minimum atomic E-state index is -4.94. The molecule has 17 nitrogen and oxygen atoms in total. The number of aliphatic hydroxyl groups is 1. The fourth-order valence-electron chi connectivity index (χ4n) is 2.69. The first-order valence-electron chi connectivity index (χ1n) is 7.57. The fourth-order valence-corrected chi connectivity index (χ4v) is 5.31. The van der Waals surface area contributed by atoms with Crippen molar-refractivity contribution in [1.29, 1.82) is 0 Å². The number of nitrogens with zero attached hydrogens (tertiary/aromatic N) is 6. The van der Waals surface area contributed by atoms with E-state index in [1.54, 1.807) is 0 Å². The third-order valence-corrected chi connectivity index (χ3v) is 7.18. The van der Waals surface area contributed by atoms with E-state index in [1.807, 2.05) is 0 Å². The van der Waals surface area contributed by atoms with Crippen LogP contribution in [0.1, 0.15) is 6.23 Å². The third kappa shape index (κ3) is 4.48. The van der Waals surface area contributed by atoms with Gasteiger partial charge in [-0.25, -0.2) is 4.98 Å². The number of hydrogen-bond donors (Lipinski definition) is 6. The lowest BCUT2D eigenvalue weighted by molar-refractivity contribution is -0.111. The molecular weight excluding hydrogens is 438 g/mol. The summed E-state index contributed by atoms with van der Waals surface area (Å²) < 4.78 is 34.1. The monoisotopic (exact) mass is 452 g/mol. The Balaban J connectivity index is 1.97. The lowest BCUT2D eigenvalue weighted by Crippen LogP contribution is -2.31. The van der Waals surface area contributed by atoms with Crippen molar-refractivity contribution in [3.05, 3.63) is 27.1 Å². The number of azide groups is 1. The van der Waals surface area contributed by atoms with Crippen molar-refractivity contribution in [1.82, 2.24) is 19.5 Å².